The van der Waals surface area contributed by atoms with E-state index in [1.807, 2.05) is 6.92 Å². The van der Waals surface area contributed by atoms with Gasteiger partial charge in [0, 0.05) is 32.7 Å². The number of hydrogen-bond donors (Lipinski definition) is 1. The fourth-order valence-electron chi connectivity index (χ4n) is 1.61. The second-order valence-electron chi connectivity index (χ2n) is 3.97. The summed E-state index contributed by atoms with van der Waals surface area (Å²) in [5, 5.41) is 2.87. The van der Waals surface area contributed by atoms with Gasteiger partial charge in [0.25, 0.3) is 5.56 Å². The molecule has 1 aromatic rings. The number of halogens is 1. The topological polar surface area (TPSA) is 73.2 Å². The predicted octanol–water partition coefficient (Wildman–Crippen LogP) is 0.612. The highest BCUT2D eigenvalue weighted by molar-refractivity contribution is 6.29. The number of nitrogens with one attached hydrogen (secondary N) is 1. The number of aryl methyl sites for hydroxylation is 1. The minimum atomic E-state index is -0.316. The van der Waals surface area contributed by atoms with Gasteiger partial charge in [0.15, 0.2) is 0 Å². The van der Waals surface area contributed by atoms with Gasteiger partial charge in [0.05, 0.1) is 0 Å². The molecule has 1 heterocycles. The third kappa shape index (κ3) is 5.00. The molecule has 0 aliphatic carbocycles. The lowest BCUT2D eigenvalue weighted by Crippen LogP contribution is -2.34. The van der Waals surface area contributed by atoms with Gasteiger partial charge < -0.3 is 10.1 Å². The molecule has 0 spiro atoms. The molecule has 0 atom stereocenters. The third-order valence-electron chi connectivity index (χ3n) is 2.52. The summed E-state index contributed by atoms with van der Waals surface area (Å²) >= 11 is 5.72. The Morgan fingerprint density at radius 2 is 2.32 bits per heavy atom. The number of amides is 1. The largest absolute Gasteiger partial charge is 0.385 e. The van der Waals surface area contributed by atoms with Crippen LogP contribution in [0.2, 0.25) is 5.15 Å². The van der Waals surface area contributed by atoms with Crippen molar-refractivity contribution >= 4 is 17.5 Å². The molecule has 1 aromatic heterocycles. The number of hydrogen-bond acceptors (Lipinski definition) is 4. The molecular weight excluding hydrogens is 270 g/mol. The van der Waals surface area contributed by atoms with E-state index >= 15 is 0 Å². The van der Waals surface area contributed by atoms with Crippen molar-refractivity contribution in [3.05, 3.63) is 27.4 Å². The monoisotopic (exact) mass is 287 g/mol. The molecule has 0 aromatic carbocycles. The zero-order valence-corrected chi connectivity index (χ0v) is 11.9. The number of carbonyl (C=O) groups excluding carboxylic acids is 1. The molecule has 1 N–H and O–H groups in total. The van der Waals surface area contributed by atoms with Crippen LogP contribution in [0.15, 0.2) is 10.9 Å². The molecule has 0 aliphatic rings. The average molecular weight is 288 g/mol. The lowest BCUT2D eigenvalue weighted by molar-refractivity contribution is -0.121. The summed E-state index contributed by atoms with van der Waals surface area (Å²) in [7, 11) is 1.61. The van der Waals surface area contributed by atoms with Crippen molar-refractivity contribution in [2.75, 3.05) is 20.3 Å². The fraction of sp³-hybridized carbons (Fsp3) is 0.583. The highest BCUT2D eigenvalue weighted by Crippen LogP contribution is 2.02. The molecule has 1 rings (SSSR count). The molecular formula is C12H18ClN3O3. The van der Waals surface area contributed by atoms with Crippen LogP contribution in [0.1, 0.15) is 19.2 Å². The van der Waals surface area contributed by atoms with Gasteiger partial charge in [-0.1, -0.05) is 18.5 Å². The van der Waals surface area contributed by atoms with E-state index in [4.69, 9.17) is 16.3 Å². The smallest absolute Gasteiger partial charge is 0.255 e. The Hall–Kier alpha value is -1.40. The van der Waals surface area contributed by atoms with Gasteiger partial charge >= 0.3 is 0 Å². The van der Waals surface area contributed by atoms with Gasteiger partial charge in [-0.05, 0) is 6.42 Å². The van der Waals surface area contributed by atoms with E-state index in [-0.39, 0.29) is 23.2 Å². The molecule has 0 fully saturated rings. The van der Waals surface area contributed by atoms with Crippen LogP contribution in [0.5, 0.6) is 0 Å². The van der Waals surface area contributed by atoms with E-state index in [0.29, 0.717) is 25.4 Å². The fourth-order valence-corrected chi connectivity index (χ4v) is 1.80. The predicted molar refractivity (Wildman–Crippen MR) is 72.4 cm³/mol. The summed E-state index contributed by atoms with van der Waals surface area (Å²) in [6.07, 6.45) is 1.27. The Morgan fingerprint density at radius 3 is 2.95 bits per heavy atom. The lowest BCUT2D eigenvalue weighted by Gasteiger charge is -2.11. The zero-order valence-electron chi connectivity index (χ0n) is 11.1. The molecule has 7 heteroatoms. The second-order valence-corrected chi connectivity index (χ2v) is 4.36. The Kier molecular flexibility index (Phi) is 6.52. The molecule has 0 saturated heterocycles. The highest BCUT2D eigenvalue weighted by Gasteiger charge is 2.10. The molecule has 0 unspecified atom stereocenters. The number of aromatic nitrogens is 2. The number of rotatable bonds is 7. The van der Waals surface area contributed by atoms with Gasteiger partial charge in [0.1, 0.15) is 17.5 Å². The quantitative estimate of drug-likeness (QED) is 0.589. The van der Waals surface area contributed by atoms with Crippen molar-refractivity contribution in [2.24, 2.45) is 0 Å². The van der Waals surface area contributed by atoms with Gasteiger partial charge in [-0.25, -0.2) is 4.98 Å². The SMILES string of the molecule is CCc1nc(Cl)cc(=O)n1CC(=O)NCCCOC. The van der Waals surface area contributed by atoms with Crippen LogP contribution in [-0.4, -0.2) is 35.7 Å². The van der Waals surface area contributed by atoms with Crippen LogP contribution in [0, 0.1) is 0 Å². The van der Waals surface area contributed by atoms with Crippen molar-refractivity contribution in [3.63, 3.8) is 0 Å². The Bertz CT molecular complexity index is 488. The van der Waals surface area contributed by atoms with Gasteiger partial charge in [0.2, 0.25) is 5.91 Å². The molecule has 0 saturated carbocycles. The maximum atomic E-state index is 11.8. The number of nitrogens with zero attached hydrogens (tertiary/aromatic N) is 2. The minimum absolute atomic E-state index is 0.0425. The van der Waals surface area contributed by atoms with Crippen LogP contribution in [0.4, 0.5) is 0 Å². The summed E-state index contributed by atoms with van der Waals surface area (Å²) in [5.74, 6) is 0.279. The van der Waals surface area contributed by atoms with Gasteiger partial charge in [-0.2, -0.15) is 0 Å². The van der Waals surface area contributed by atoms with E-state index in [9.17, 15) is 9.59 Å². The maximum Gasteiger partial charge on any atom is 0.255 e. The normalized spacial score (nSPS) is 10.5. The molecule has 0 bridgehead atoms. The highest BCUT2D eigenvalue weighted by atomic mass is 35.5. The van der Waals surface area contributed by atoms with Crippen LogP contribution in [-0.2, 0) is 22.5 Å². The Morgan fingerprint density at radius 1 is 1.58 bits per heavy atom. The van der Waals surface area contributed by atoms with Crippen molar-refractivity contribution < 1.29 is 9.53 Å². The Balaban J connectivity index is 2.66. The lowest BCUT2D eigenvalue weighted by atomic mass is 10.4. The molecule has 1 amide bonds. The van der Waals surface area contributed by atoms with Crippen LogP contribution < -0.4 is 10.9 Å². The summed E-state index contributed by atoms with van der Waals surface area (Å²) in [6.45, 7) is 2.91. The molecule has 106 valence electrons. The summed E-state index contributed by atoms with van der Waals surface area (Å²) in [4.78, 5) is 27.5. The summed E-state index contributed by atoms with van der Waals surface area (Å²) in [6, 6.07) is 1.21. The molecule has 0 radical (unpaired) electrons. The Labute approximate surface area is 116 Å². The first-order valence-electron chi connectivity index (χ1n) is 6.10. The number of ether oxygens (including phenoxy) is 1. The van der Waals surface area contributed by atoms with E-state index in [2.05, 4.69) is 10.3 Å². The van der Waals surface area contributed by atoms with E-state index in [0.717, 1.165) is 6.42 Å². The van der Waals surface area contributed by atoms with E-state index in [1.54, 1.807) is 7.11 Å². The van der Waals surface area contributed by atoms with E-state index in [1.165, 1.54) is 10.6 Å². The zero-order chi connectivity index (χ0) is 14.3. The number of carbonyl (C=O) groups is 1. The van der Waals surface area contributed by atoms with Crippen molar-refractivity contribution in [3.8, 4) is 0 Å². The van der Waals surface area contributed by atoms with Crippen LogP contribution >= 0.6 is 11.6 Å². The first-order chi connectivity index (χ1) is 9.08. The standard InChI is InChI=1S/C12H18ClN3O3/c1-3-10-15-9(13)7-12(18)16(10)8-11(17)14-5-4-6-19-2/h7H,3-6,8H2,1-2H3,(H,14,17). The molecule has 0 aliphatic heterocycles. The second kappa shape index (κ2) is 7.91. The maximum absolute atomic E-state index is 11.8. The average Bonchev–Trinajstić information content (AvgIpc) is 2.37. The van der Waals surface area contributed by atoms with Crippen molar-refractivity contribution in [1.82, 2.24) is 14.9 Å². The summed E-state index contributed by atoms with van der Waals surface area (Å²) in [5.41, 5.74) is -0.316. The third-order valence-corrected chi connectivity index (χ3v) is 2.72. The van der Waals surface area contributed by atoms with E-state index < -0.39 is 0 Å². The first-order valence-corrected chi connectivity index (χ1v) is 6.48. The van der Waals surface area contributed by atoms with Gasteiger partial charge in [-0.3, -0.25) is 14.2 Å². The number of methoxy groups -OCH3 is 1. The summed E-state index contributed by atoms with van der Waals surface area (Å²) < 4.78 is 6.21. The van der Waals surface area contributed by atoms with Crippen LogP contribution in [0.3, 0.4) is 0 Å². The van der Waals surface area contributed by atoms with Crippen molar-refractivity contribution in [1.29, 1.82) is 0 Å². The molecule has 19 heavy (non-hydrogen) atoms. The van der Waals surface area contributed by atoms with Gasteiger partial charge in [-0.15, -0.1) is 0 Å². The minimum Gasteiger partial charge on any atom is -0.385 e. The first kappa shape index (κ1) is 15.7. The van der Waals surface area contributed by atoms with Crippen molar-refractivity contribution in [2.45, 2.75) is 26.3 Å². The molecule has 6 nitrogen and oxygen atoms in total. The van der Waals surface area contributed by atoms with Crippen LogP contribution in [0.25, 0.3) is 0 Å².